The second kappa shape index (κ2) is 4.48. The van der Waals surface area contributed by atoms with Crippen LogP contribution in [0.2, 0.25) is 0 Å². The highest BCUT2D eigenvalue weighted by atomic mass is 19.1. The number of nitrogens with zero attached hydrogens (tertiary/aromatic N) is 2. The second-order valence-corrected chi connectivity index (χ2v) is 3.68. The van der Waals surface area contributed by atoms with Crippen molar-refractivity contribution in [3.05, 3.63) is 41.5 Å². The number of carbonyl (C=O) groups excluding carboxylic acids is 1. The van der Waals surface area contributed by atoms with Crippen molar-refractivity contribution in [1.82, 2.24) is 9.71 Å². The number of aryl methyl sites for hydroxylation is 1. The maximum absolute atomic E-state index is 12.8. The van der Waals surface area contributed by atoms with E-state index in [4.69, 9.17) is 0 Å². The van der Waals surface area contributed by atoms with Gasteiger partial charge in [0.2, 0.25) is 0 Å². The fourth-order valence-corrected chi connectivity index (χ4v) is 1.63. The van der Waals surface area contributed by atoms with Crippen molar-refractivity contribution in [3.63, 3.8) is 0 Å². The summed E-state index contributed by atoms with van der Waals surface area (Å²) in [7, 11) is 1.21. The van der Waals surface area contributed by atoms with Crippen molar-refractivity contribution in [3.8, 4) is 11.4 Å². The number of benzene rings is 1. The average Bonchev–Trinajstić information content (AvgIpc) is 2.65. The van der Waals surface area contributed by atoms with E-state index in [0.29, 0.717) is 16.0 Å². The molecule has 0 unspecified atom stereocenters. The number of rotatable bonds is 2. The Kier molecular flexibility index (Phi) is 3.01. The Bertz CT molecular complexity index is 590. The van der Waals surface area contributed by atoms with Gasteiger partial charge in [0.25, 0.3) is 0 Å². The second-order valence-electron chi connectivity index (χ2n) is 3.68. The van der Waals surface area contributed by atoms with Crippen LogP contribution in [0.4, 0.5) is 4.39 Å². The Morgan fingerprint density at radius 2 is 2.00 bits per heavy atom. The lowest BCUT2D eigenvalue weighted by Gasteiger charge is -2.03. The van der Waals surface area contributed by atoms with Crippen LogP contribution in [-0.4, -0.2) is 28.0 Å². The molecular weight excluding hydrogens is 239 g/mol. The van der Waals surface area contributed by atoms with Crippen molar-refractivity contribution in [2.75, 3.05) is 7.11 Å². The topological polar surface area (TPSA) is 64.3 Å². The molecule has 2 aromatic rings. The lowest BCUT2D eigenvalue weighted by atomic mass is 10.2. The summed E-state index contributed by atoms with van der Waals surface area (Å²) >= 11 is 0. The molecule has 1 N–H and O–H groups in total. The van der Waals surface area contributed by atoms with Crippen LogP contribution < -0.4 is 0 Å². The number of carbonyl (C=O) groups is 1. The molecule has 0 radical (unpaired) electrons. The molecule has 94 valence electrons. The number of hydrogen-bond acceptors (Lipinski definition) is 4. The smallest absolute Gasteiger partial charge is 0.360 e. The molecule has 1 heterocycles. The van der Waals surface area contributed by atoms with Crippen LogP contribution in [0.5, 0.6) is 0 Å². The lowest BCUT2D eigenvalue weighted by molar-refractivity contribution is 0.0549. The van der Waals surface area contributed by atoms with Crippen molar-refractivity contribution in [1.29, 1.82) is 0 Å². The van der Waals surface area contributed by atoms with Gasteiger partial charge >= 0.3 is 5.97 Å². The predicted octanol–water partition coefficient (Wildman–Crippen LogP) is 2.02. The first-order chi connectivity index (χ1) is 8.54. The molecule has 18 heavy (non-hydrogen) atoms. The molecule has 0 saturated heterocycles. The minimum atomic E-state index is -0.684. The number of aromatic nitrogens is 2. The summed E-state index contributed by atoms with van der Waals surface area (Å²) in [6.45, 7) is 1.58. The fraction of sp³-hybridized carbons (Fsp3) is 0.167. The van der Waals surface area contributed by atoms with E-state index in [0.717, 1.165) is 0 Å². The zero-order valence-electron chi connectivity index (χ0n) is 9.85. The van der Waals surface area contributed by atoms with E-state index in [1.807, 2.05) is 0 Å². The molecule has 0 saturated carbocycles. The van der Waals surface area contributed by atoms with Crippen LogP contribution in [0, 0.1) is 12.7 Å². The standard InChI is InChI=1S/C12H11FN2O3/c1-7-10(12(16)18-2)15(17)11(14-7)8-3-5-9(13)6-4-8/h3-6,17H,1-2H3. The molecule has 0 fully saturated rings. The number of hydrogen-bond donors (Lipinski definition) is 1. The van der Waals surface area contributed by atoms with Gasteiger partial charge in [-0.1, -0.05) is 0 Å². The molecule has 5 nitrogen and oxygen atoms in total. The monoisotopic (exact) mass is 250 g/mol. The van der Waals surface area contributed by atoms with Crippen molar-refractivity contribution >= 4 is 5.97 Å². The van der Waals surface area contributed by atoms with Crippen molar-refractivity contribution in [2.24, 2.45) is 0 Å². The van der Waals surface area contributed by atoms with E-state index in [9.17, 15) is 14.4 Å². The predicted molar refractivity (Wildman–Crippen MR) is 60.9 cm³/mol. The summed E-state index contributed by atoms with van der Waals surface area (Å²) in [6, 6.07) is 5.42. The van der Waals surface area contributed by atoms with E-state index >= 15 is 0 Å². The highest BCUT2D eigenvalue weighted by Crippen LogP contribution is 2.21. The quantitative estimate of drug-likeness (QED) is 0.654. The molecule has 0 aliphatic rings. The molecule has 1 aromatic heterocycles. The van der Waals surface area contributed by atoms with Gasteiger partial charge in [-0.25, -0.2) is 14.2 Å². The highest BCUT2D eigenvalue weighted by molar-refractivity contribution is 5.89. The molecule has 0 amide bonds. The third kappa shape index (κ3) is 1.92. The van der Waals surface area contributed by atoms with Gasteiger partial charge in [-0.15, -0.1) is 0 Å². The summed E-state index contributed by atoms with van der Waals surface area (Å²) in [5, 5.41) is 9.89. The number of ether oxygens (including phenoxy) is 1. The molecule has 2 rings (SSSR count). The Morgan fingerprint density at radius 3 is 2.56 bits per heavy atom. The van der Waals surface area contributed by atoms with Gasteiger partial charge in [0, 0.05) is 5.56 Å². The third-order valence-corrected chi connectivity index (χ3v) is 2.51. The SMILES string of the molecule is COC(=O)c1c(C)nc(-c2ccc(F)cc2)n1O. The van der Waals surface area contributed by atoms with Gasteiger partial charge in [-0.2, -0.15) is 4.73 Å². The summed E-state index contributed by atoms with van der Waals surface area (Å²) in [6.07, 6.45) is 0. The van der Waals surface area contributed by atoms with Crippen LogP contribution in [0.25, 0.3) is 11.4 Å². The maximum Gasteiger partial charge on any atom is 0.360 e. The average molecular weight is 250 g/mol. The van der Waals surface area contributed by atoms with Gasteiger partial charge in [0.05, 0.1) is 12.8 Å². The largest absolute Gasteiger partial charge is 0.464 e. The highest BCUT2D eigenvalue weighted by Gasteiger charge is 2.21. The van der Waals surface area contributed by atoms with Gasteiger partial charge in [-0.3, -0.25) is 0 Å². The molecule has 0 spiro atoms. The molecule has 0 aliphatic carbocycles. The fourth-order valence-electron chi connectivity index (χ4n) is 1.63. The minimum Gasteiger partial charge on any atom is -0.464 e. The van der Waals surface area contributed by atoms with Crippen molar-refractivity contribution < 1.29 is 19.1 Å². The van der Waals surface area contributed by atoms with E-state index < -0.39 is 5.97 Å². The normalized spacial score (nSPS) is 10.4. The van der Waals surface area contributed by atoms with Gasteiger partial charge in [-0.05, 0) is 31.2 Å². The van der Waals surface area contributed by atoms with Gasteiger partial charge in [0.15, 0.2) is 11.5 Å². The summed E-state index contributed by atoms with van der Waals surface area (Å²) in [4.78, 5) is 15.5. The molecule has 0 aliphatic heterocycles. The molecular formula is C12H11FN2O3. The zero-order chi connectivity index (χ0) is 13.3. The van der Waals surface area contributed by atoms with Crippen LogP contribution in [0.15, 0.2) is 24.3 Å². The summed E-state index contributed by atoms with van der Waals surface area (Å²) < 4.78 is 18.0. The van der Waals surface area contributed by atoms with Crippen LogP contribution in [-0.2, 0) is 4.74 Å². The Labute approximate surface area is 102 Å². The number of methoxy groups -OCH3 is 1. The molecule has 0 bridgehead atoms. The Balaban J connectivity index is 2.53. The lowest BCUT2D eigenvalue weighted by Crippen LogP contribution is -2.10. The van der Waals surface area contributed by atoms with E-state index in [2.05, 4.69) is 9.72 Å². The van der Waals surface area contributed by atoms with Gasteiger partial charge < -0.3 is 9.94 Å². The number of imidazole rings is 1. The summed E-state index contributed by atoms with van der Waals surface area (Å²) in [5.41, 5.74) is 0.789. The molecule has 1 aromatic carbocycles. The van der Waals surface area contributed by atoms with Crippen LogP contribution >= 0.6 is 0 Å². The Morgan fingerprint density at radius 1 is 1.39 bits per heavy atom. The van der Waals surface area contributed by atoms with Gasteiger partial charge in [0.1, 0.15) is 5.82 Å². The number of halogens is 1. The molecule has 6 heteroatoms. The first-order valence-corrected chi connectivity index (χ1v) is 5.17. The molecule has 0 atom stereocenters. The van der Waals surface area contributed by atoms with E-state index in [1.54, 1.807) is 6.92 Å². The first kappa shape index (κ1) is 12.1. The summed E-state index contributed by atoms with van der Waals surface area (Å²) in [5.74, 6) is -0.913. The Hall–Kier alpha value is -2.37. The maximum atomic E-state index is 12.8. The third-order valence-electron chi connectivity index (χ3n) is 2.51. The van der Waals surface area contributed by atoms with E-state index in [-0.39, 0.29) is 17.3 Å². The number of esters is 1. The van der Waals surface area contributed by atoms with Crippen LogP contribution in [0.1, 0.15) is 16.2 Å². The first-order valence-electron chi connectivity index (χ1n) is 5.17. The van der Waals surface area contributed by atoms with Crippen LogP contribution in [0.3, 0.4) is 0 Å². The zero-order valence-corrected chi connectivity index (χ0v) is 9.85. The van der Waals surface area contributed by atoms with Crippen molar-refractivity contribution in [2.45, 2.75) is 6.92 Å². The minimum absolute atomic E-state index is 0.0446. The van der Waals surface area contributed by atoms with E-state index in [1.165, 1.54) is 31.4 Å².